The molecular weight excluding hydrogens is 332 g/mol. The van der Waals surface area contributed by atoms with Crippen molar-refractivity contribution in [3.8, 4) is 0 Å². The minimum Gasteiger partial charge on any atom is -0.382 e. The van der Waals surface area contributed by atoms with Crippen LogP contribution in [0.15, 0.2) is 30.3 Å². The van der Waals surface area contributed by atoms with Crippen molar-refractivity contribution in [3.63, 3.8) is 0 Å². The van der Waals surface area contributed by atoms with Gasteiger partial charge in [-0.3, -0.25) is 4.79 Å². The summed E-state index contributed by atoms with van der Waals surface area (Å²) in [5.41, 5.74) is 0.458. The molecule has 0 saturated carbocycles. The molecule has 5 nitrogen and oxygen atoms in total. The first-order valence-electron chi connectivity index (χ1n) is 9.44. The van der Waals surface area contributed by atoms with Crippen LogP contribution >= 0.6 is 0 Å². The lowest BCUT2D eigenvalue weighted by atomic mass is 9.94. The summed E-state index contributed by atoms with van der Waals surface area (Å²) < 4.78 is 16.6. The van der Waals surface area contributed by atoms with Gasteiger partial charge in [-0.2, -0.15) is 0 Å². The molecule has 0 aliphatic heterocycles. The molecule has 0 spiro atoms. The van der Waals surface area contributed by atoms with Gasteiger partial charge >= 0.3 is 0 Å². The molecule has 26 heavy (non-hydrogen) atoms. The number of carbonyl (C=O) groups excluding carboxylic acids is 1. The van der Waals surface area contributed by atoms with E-state index in [-0.39, 0.29) is 11.9 Å². The van der Waals surface area contributed by atoms with Gasteiger partial charge in [0.2, 0.25) is 0 Å². The second kappa shape index (κ2) is 13.0. The summed E-state index contributed by atoms with van der Waals surface area (Å²) in [7, 11) is 4.74. The van der Waals surface area contributed by atoms with Crippen molar-refractivity contribution in [3.05, 3.63) is 35.9 Å². The topological polar surface area (TPSA) is 65.0 Å². The fourth-order valence-electron chi connectivity index (χ4n) is 3.16. The van der Waals surface area contributed by atoms with Crippen molar-refractivity contribution in [2.45, 2.75) is 69.9 Å². The molecule has 0 aliphatic carbocycles. The third-order valence-corrected chi connectivity index (χ3v) is 4.79. The van der Waals surface area contributed by atoms with Gasteiger partial charge in [0.1, 0.15) is 12.2 Å². The average molecular weight is 366 g/mol. The highest BCUT2D eigenvalue weighted by molar-refractivity contribution is 5.99. The van der Waals surface area contributed by atoms with Crippen LogP contribution in [-0.4, -0.2) is 56.6 Å². The monoisotopic (exact) mass is 366 g/mol. The van der Waals surface area contributed by atoms with Crippen LogP contribution in [0.5, 0.6) is 0 Å². The fraction of sp³-hybridized carbons (Fsp3) is 0.667. The van der Waals surface area contributed by atoms with Gasteiger partial charge in [0.25, 0.3) is 0 Å². The average Bonchev–Trinajstić information content (AvgIpc) is 2.69. The molecule has 0 fully saturated rings. The Labute approximate surface area is 157 Å². The summed E-state index contributed by atoms with van der Waals surface area (Å²) in [6.07, 6.45) is 3.71. The predicted octanol–water partition coefficient (Wildman–Crippen LogP) is 3.64. The first-order chi connectivity index (χ1) is 12.6. The highest BCUT2D eigenvalue weighted by atomic mass is 16.5. The molecule has 0 amide bonds. The quantitative estimate of drug-likeness (QED) is 0.402. The number of Topliss-reactive ketones (excluding diaryl/α,β-unsaturated/α-hetero) is 1. The van der Waals surface area contributed by atoms with Crippen LogP contribution in [0.2, 0.25) is 0 Å². The van der Waals surface area contributed by atoms with Crippen molar-refractivity contribution in [2.75, 3.05) is 21.3 Å². The summed E-state index contributed by atoms with van der Waals surface area (Å²) in [6.45, 7) is 2.18. The standard InChI is InChI=1S/C21H34O5/c1-5-6-7-11-14-17(24-2)15-18(25-3)21(26-4)20(23)19(22)16-12-9-8-10-13-16/h8-10,12-13,17-18,20-21,23H,5-7,11,14-15H2,1-4H3. The van der Waals surface area contributed by atoms with E-state index in [1.54, 1.807) is 38.5 Å². The lowest BCUT2D eigenvalue weighted by molar-refractivity contribution is -0.0999. The number of rotatable bonds is 14. The maximum Gasteiger partial charge on any atom is 0.194 e. The number of ether oxygens (including phenoxy) is 3. The molecule has 4 atom stereocenters. The number of aliphatic hydroxyl groups is 1. The van der Waals surface area contributed by atoms with Crippen molar-refractivity contribution < 1.29 is 24.1 Å². The molecule has 0 radical (unpaired) electrons. The van der Waals surface area contributed by atoms with Gasteiger partial charge in [-0.1, -0.05) is 62.9 Å². The predicted molar refractivity (Wildman–Crippen MR) is 103 cm³/mol. The van der Waals surface area contributed by atoms with Gasteiger partial charge in [-0.05, 0) is 6.42 Å². The lowest BCUT2D eigenvalue weighted by Gasteiger charge is -2.30. The van der Waals surface area contributed by atoms with Crippen LogP contribution in [0.3, 0.4) is 0 Å². The smallest absolute Gasteiger partial charge is 0.194 e. The van der Waals surface area contributed by atoms with Crippen LogP contribution in [-0.2, 0) is 14.2 Å². The first kappa shape index (κ1) is 22.8. The Morgan fingerprint density at radius 3 is 2.23 bits per heavy atom. The van der Waals surface area contributed by atoms with Crippen LogP contribution in [0.4, 0.5) is 0 Å². The van der Waals surface area contributed by atoms with Crippen LogP contribution in [0, 0.1) is 0 Å². The molecule has 5 heteroatoms. The normalized spacial score (nSPS) is 16.0. The van der Waals surface area contributed by atoms with Crippen molar-refractivity contribution in [1.82, 2.24) is 0 Å². The van der Waals surface area contributed by atoms with Gasteiger partial charge in [-0.25, -0.2) is 0 Å². The van der Waals surface area contributed by atoms with Crippen molar-refractivity contribution in [2.24, 2.45) is 0 Å². The maximum absolute atomic E-state index is 12.5. The van der Waals surface area contributed by atoms with E-state index in [1.165, 1.54) is 26.4 Å². The number of ketones is 1. The summed E-state index contributed by atoms with van der Waals surface area (Å²) in [5.74, 6) is -0.364. The van der Waals surface area contributed by atoms with E-state index in [0.29, 0.717) is 12.0 Å². The second-order valence-corrected chi connectivity index (χ2v) is 6.59. The highest BCUT2D eigenvalue weighted by Gasteiger charge is 2.35. The molecule has 0 heterocycles. The zero-order chi connectivity index (χ0) is 19.4. The van der Waals surface area contributed by atoms with E-state index < -0.39 is 18.3 Å². The Morgan fingerprint density at radius 1 is 1.00 bits per heavy atom. The SMILES string of the molecule is CCCCCCC(CC(OC)C(OC)C(O)C(=O)c1ccccc1)OC. The highest BCUT2D eigenvalue weighted by Crippen LogP contribution is 2.20. The largest absolute Gasteiger partial charge is 0.382 e. The van der Waals surface area contributed by atoms with E-state index >= 15 is 0 Å². The molecule has 1 aromatic rings. The van der Waals surface area contributed by atoms with Crippen LogP contribution in [0.25, 0.3) is 0 Å². The number of aliphatic hydroxyl groups excluding tert-OH is 1. The minimum atomic E-state index is -1.29. The Morgan fingerprint density at radius 2 is 1.69 bits per heavy atom. The molecule has 0 aromatic heterocycles. The second-order valence-electron chi connectivity index (χ2n) is 6.59. The van der Waals surface area contributed by atoms with Crippen LogP contribution < -0.4 is 0 Å². The van der Waals surface area contributed by atoms with E-state index in [9.17, 15) is 9.90 Å². The molecule has 1 N–H and O–H groups in total. The number of methoxy groups -OCH3 is 3. The number of hydrogen-bond donors (Lipinski definition) is 1. The lowest BCUT2D eigenvalue weighted by Crippen LogP contribution is -2.46. The summed E-state index contributed by atoms with van der Waals surface area (Å²) >= 11 is 0. The third-order valence-electron chi connectivity index (χ3n) is 4.79. The van der Waals surface area contributed by atoms with Crippen LogP contribution in [0.1, 0.15) is 55.8 Å². The van der Waals surface area contributed by atoms with E-state index in [4.69, 9.17) is 14.2 Å². The Balaban J connectivity index is 2.72. The van der Waals surface area contributed by atoms with E-state index in [0.717, 1.165) is 12.8 Å². The fourth-order valence-corrected chi connectivity index (χ4v) is 3.16. The molecular formula is C21H34O5. The van der Waals surface area contributed by atoms with Gasteiger partial charge in [0.05, 0.1) is 12.2 Å². The number of carbonyl (C=O) groups is 1. The van der Waals surface area contributed by atoms with Crippen molar-refractivity contribution in [1.29, 1.82) is 0 Å². The zero-order valence-electron chi connectivity index (χ0n) is 16.5. The molecule has 0 bridgehead atoms. The zero-order valence-corrected chi connectivity index (χ0v) is 16.5. The maximum atomic E-state index is 12.5. The summed E-state index contributed by atoms with van der Waals surface area (Å²) in [5, 5.41) is 10.6. The minimum absolute atomic E-state index is 0.00786. The number of hydrogen-bond acceptors (Lipinski definition) is 5. The molecule has 0 aliphatic rings. The third kappa shape index (κ3) is 7.16. The summed E-state index contributed by atoms with van der Waals surface area (Å²) in [4.78, 5) is 12.5. The Hall–Kier alpha value is -1.27. The number of unbranched alkanes of at least 4 members (excludes halogenated alkanes) is 3. The molecule has 148 valence electrons. The summed E-state index contributed by atoms with van der Waals surface area (Å²) in [6, 6.07) is 8.74. The van der Waals surface area contributed by atoms with E-state index in [1.807, 2.05) is 6.07 Å². The molecule has 1 aromatic carbocycles. The Kier molecular flexibility index (Phi) is 11.4. The van der Waals surface area contributed by atoms with Crippen molar-refractivity contribution >= 4 is 5.78 Å². The Bertz CT molecular complexity index is 490. The van der Waals surface area contributed by atoms with Gasteiger partial charge < -0.3 is 19.3 Å². The molecule has 4 unspecified atom stereocenters. The first-order valence-corrected chi connectivity index (χ1v) is 9.44. The van der Waals surface area contributed by atoms with Gasteiger partial charge in [0, 0.05) is 33.3 Å². The van der Waals surface area contributed by atoms with E-state index in [2.05, 4.69) is 6.92 Å². The molecule has 1 rings (SSSR count). The van der Waals surface area contributed by atoms with Gasteiger partial charge in [-0.15, -0.1) is 0 Å². The number of benzene rings is 1. The van der Waals surface area contributed by atoms with Gasteiger partial charge in [0.15, 0.2) is 5.78 Å². The molecule has 0 saturated heterocycles.